The van der Waals surface area contributed by atoms with Crippen molar-refractivity contribution < 1.29 is 8.81 Å². The molecular formula is C14H13FN4OS. The van der Waals surface area contributed by atoms with Crippen LogP contribution in [0.2, 0.25) is 0 Å². The van der Waals surface area contributed by atoms with Gasteiger partial charge in [-0.05, 0) is 48.6 Å². The zero-order valence-electron chi connectivity index (χ0n) is 11.0. The molecule has 2 aromatic heterocycles. The molecule has 2 heterocycles. The van der Waals surface area contributed by atoms with Gasteiger partial charge in [-0.15, -0.1) is 0 Å². The van der Waals surface area contributed by atoms with Crippen molar-refractivity contribution in [2.45, 2.75) is 13.1 Å². The third-order valence-electron chi connectivity index (χ3n) is 3.03. The number of benzene rings is 1. The van der Waals surface area contributed by atoms with E-state index in [1.54, 1.807) is 18.4 Å². The summed E-state index contributed by atoms with van der Waals surface area (Å²) < 4.78 is 20.6. The van der Waals surface area contributed by atoms with Crippen molar-refractivity contribution in [1.82, 2.24) is 14.8 Å². The molecule has 21 heavy (non-hydrogen) atoms. The predicted molar refractivity (Wildman–Crippen MR) is 78.9 cm³/mol. The summed E-state index contributed by atoms with van der Waals surface area (Å²) in [5.74, 6) is 1.29. The highest BCUT2D eigenvalue weighted by molar-refractivity contribution is 7.71. The normalized spacial score (nSPS) is 10.7. The molecular weight excluding hydrogens is 291 g/mol. The smallest absolute Gasteiger partial charge is 0.195 e. The first-order chi connectivity index (χ1) is 10.2. The van der Waals surface area contributed by atoms with Crippen molar-refractivity contribution in [3.8, 4) is 0 Å². The van der Waals surface area contributed by atoms with Gasteiger partial charge in [-0.3, -0.25) is 9.67 Å². The molecule has 5 nitrogen and oxygen atoms in total. The van der Waals surface area contributed by atoms with Gasteiger partial charge < -0.3 is 9.73 Å². The molecule has 1 aromatic carbocycles. The minimum Gasteiger partial charge on any atom is -0.467 e. The van der Waals surface area contributed by atoms with Crippen LogP contribution in [-0.4, -0.2) is 14.8 Å². The lowest BCUT2D eigenvalue weighted by Gasteiger charge is -2.07. The minimum absolute atomic E-state index is 0.263. The van der Waals surface area contributed by atoms with Gasteiger partial charge in [0.1, 0.15) is 11.6 Å². The van der Waals surface area contributed by atoms with E-state index in [1.807, 2.05) is 16.7 Å². The SMILES string of the molecule is Fc1ccc(NCc2n[nH]c(=S)n2Cc2ccco2)cc1. The van der Waals surface area contributed by atoms with Gasteiger partial charge in [0, 0.05) is 5.69 Å². The molecule has 0 bridgehead atoms. The fraction of sp³-hybridized carbons (Fsp3) is 0.143. The molecule has 108 valence electrons. The Morgan fingerprint density at radius 1 is 1.29 bits per heavy atom. The number of furan rings is 1. The third kappa shape index (κ3) is 3.19. The lowest BCUT2D eigenvalue weighted by atomic mass is 10.3. The van der Waals surface area contributed by atoms with Crippen LogP contribution in [0.5, 0.6) is 0 Å². The Balaban J connectivity index is 1.73. The second-order valence-corrected chi connectivity index (χ2v) is 4.86. The van der Waals surface area contributed by atoms with Gasteiger partial charge in [0.2, 0.25) is 0 Å². The topological polar surface area (TPSA) is 58.8 Å². The summed E-state index contributed by atoms with van der Waals surface area (Å²) in [6, 6.07) is 9.87. The number of nitrogens with one attached hydrogen (secondary N) is 2. The zero-order chi connectivity index (χ0) is 14.7. The van der Waals surface area contributed by atoms with Crippen molar-refractivity contribution in [3.05, 3.63) is 64.8 Å². The molecule has 0 saturated heterocycles. The van der Waals surface area contributed by atoms with Crippen LogP contribution in [0.25, 0.3) is 0 Å². The number of anilines is 1. The van der Waals surface area contributed by atoms with Gasteiger partial charge in [0.15, 0.2) is 10.6 Å². The van der Waals surface area contributed by atoms with Crippen molar-refractivity contribution in [2.24, 2.45) is 0 Å². The molecule has 7 heteroatoms. The number of hydrogen-bond acceptors (Lipinski definition) is 4. The molecule has 0 aliphatic rings. The summed E-state index contributed by atoms with van der Waals surface area (Å²) in [4.78, 5) is 0. The predicted octanol–water partition coefficient (Wildman–Crippen LogP) is 3.33. The fourth-order valence-corrected chi connectivity index (χ4v) is 2.17. The number of nitrogens with zero attached hydrogens (tertiary/aromatic N) is 2. The molecule has 0 fully saturated rings. The molecule has 3 rings (SSSR count). The van der Waals surface area contributed by atoms with Gasteiger partial charge >= 0.3 is 0 Å². The highest BCUT2D eigenvalue weighted by Gasteiger charge is 2.08. The first-order valence-electron chi connectivity index (χ1n) is 6.38. The van der Waals surface area contributed by atoms with Gasteiger partial charge in [0.25, 0.3) is 0 Å². The van der Waals surface area contributed by atoms with E-state index in [-0.39, 0.29) is 5.82 Å². The van der Waals surface area contributed by atoms with Crippen molar-refractivity contribution in [3.63, 3.8) is 0 Å². The van der Waals surface area contributed by atoms with Crippen LogP contribution in [0, 0.1) is 10.6 Å². The van der Waals surface area contributed by atoms with Crippen LogP contribution < -0.4 is 5.32 Å². The maximum atomic E-state index is 12.9. The standard InChI is InChI=1S/C14H13FN4OS/c15-10-3-5-11(6-4-10)16-8-13-17-18-14(21)19(13)9-12-2-1-7-20-12/h1-7,16H,8-9H2,(H,18,21). The van der Waals surface area contributed by atoms with E-state index < -0.39 is 0 Å². The maximum Gasteiger partial charge on any atom is 0.195 e. The summed E-state index contributed by atoms with van der Waals surface area (Å²) in [5, 5.41) is 10.1. The van der Waals surface area contributed by atoms with E-state index in [9.17, 15) is 4.39 Å². The molecule has 3 aromatic rings. The van der Waals surface area contributed by atoms with E-state index in [4.69, 9.17) is 16.6 Å². The van der Waals surface area contributed by atoms with E-state index in [1.165, 1.54) is 12.1 Å². The second-order valence-electron chi connectivity index (χ2n) is 4.47. The molecule has 0 aliphatic carbocycles. The highest BCUT2D eigenvalue weighted by atomic mass is 32.1. The Morgan fingerprint density at radius 2 is 2.10 bits per heavy atom. The first-order valence-corrected chi connectivity index (χ1v) is 6.79. The van der Waals surface area contributed by atoms with Gasteiger partial charge in [-0.1, -0.05) is 0 Å². The number of H-pyrrole nitrogens is 1. The summed E-state index contributed by atoms with van der Waals surface area (Å²) in [7, 11) is 0. The van der Waals surface area contributed by atoms with Crippen molar-refractivity contribution in [1.29, 1.82) is 0 Å². The third-order valence-corrected chi connectivity index (χ3v) is 3.34. The highest BCUT2D eigenvalue weighted by Crippen LogP contribution is 2.11. The number of aromatic nitrogens is 3. The molecule has 0 radical (unpaired) electrons. The van der Waals surface area contributed by atoms with E-state index in [0.717, 1.165) is 17.3 Å². The zero-order valence-corrected chi connectivity index (χ0v) is 11.9. The van der Waals surface area contributed by atoms with Crippen LogP contribution in [0.3, 0.4) is 0 Å². The maximum absolute atomic E-state index is 12.9. The van der Waals surface area contributed by atoms with Crippen LogP contribution in [0.1, 0.15) is 11.6 Å². The van der Waals surface area contributed by atoms with Crippen LogP contribution in [-0.2, 0) is 13.1 Å². The van der Waals surface area contributed by atoms with Crippen LogP contribution in [0.4, 0.5) is 10.1 Å². The van der Waals surface area contributed by atoms with E-state index >= 15 is 0 Å². The number of rotatable bonds is 5. The van der Waals surface area contributed by atoms with Crippen molar-refractivity contribution in [2.75, 3.05) is 5.32 Å². The first kappa shape index (κ1) is 13.6. The quantitative estimate of drug-likeness (QED) is 0.710. The lowest BCUT2D eigenvalue weighted by molar-refractivity contribution is 0.488. The Bertz CT molecular complexity index is 761. The number of aromatic amines is 1. The Hall–Kier alpha value is -2.41. The molecule has 0 unspecified atom stereocenters. The average Bonchev–Trinajstić information content (AvgIpc) is 3.11. The largest absolute Gasteiger partial charge is 0.467 e. The van der Waals surface area contributed by atoms with Gasteiger partial charge in [-0.25, -0.2) is 4.39 Å². The Labute approximate surface area is 125 Å². The lowest BCUT2D eigenvalue weighted by Crippen LogP contribution is -2.09. The summed E-state index contributed by atoms with van der Waals surface area (Å²) in [6.45, 7) is 0.988. The number of halogens is 1. The molecule has 0 amide bonds. The summed E-state index contributed by atoms with van der Waals surface area (Å²) in [5.41, 5.74) is 0.815. The molecule has 0 saturated carbocycles. The fourth-order valence-electron chi connectivity index (χ4n) is 1.96. The summed E-state index contributed by atoms with van der Waals surface area (Å²) in [6.07, 6.45) is 1.62. The van der Waals surface area contributed by atoms with E-state index in [0.29, 0.717) is 17.9 Å². The van der Waals surface area contributed by atoms with Crippen molar-refractivity contribution >= 4 is 17.9 Å². The van der Waals surface area contributed by atoms with Crippen LogP contribution >= 0.6 is 12.2 Å². The van der Waals surface area contributed by atoms with Gasteiger partial charge in [0.05, 0.1) is 19.4 Å². The van der Waals surface area contributed by atoms with Gasteiger partial charge in [-0.2, -0.15) is 5.10 Å². The molecule has 0 atom stereocenters. The molecule has 0 aliphatic heterocycles. The Kier molecular flexibility index (Phi) is 3.83. The molecule has 2 N–H and O–H groups in total. The molecule has 0 spiro atoms. The minimum atomic E-state index is -0.263. The van der Waals surface area contributed by atoms with Crippen LogP contribution in [0.15, 0.2) is 47.1 Å². The Morgan fingerprint density at radius 3 is 2.81 bits per heavy atom. The number of hydrogen-bond donors (Lipinski definition) is 2. The average molecular weight is 304 g/mol. The summed E-state index contributed by atoms with van der Waals surface area (Å²) >= 11 is 5.22. The monoisotopic (exact) mass is 304 g/mol. The second kappa shape index (κ2) is 5.92. The van der Waals surface area contributed by atoms with E-state index in [2.05, 4.69) is 15.5 Å².